The Labute approximate surface area is 123 Å². The summed E-state index contributed by atoms with van der Waals surface area (Å²) in [5, 5.41) is 11.4. The van der Waals surface area contributed by atoms with Crippen molar-refractivity contribution in [3.63, 3.8) is 0 Å². The van der Waals surface area contributed by atoms with Gasteiger partial charge in [0, 0.05) is 31.6 Å². The van der Waals surface area contributed by atoms with E-state index in [1.807, 2.05) is 0 Å². The molecule has 3 atom stereocenters. The Hall–Kier alpha value is -0.120. The smallest absolute Gasteiger partial charge is 0.0742 e. The summed E-state index contributed by atoms with van der Waals surface area (Å²) in [5.41, 5.74) is 5.76. The summed E-state index contributed by atoms with van der Waals surface area (Å²) in [5.74, 6) is 2.26. The maximum absolute atomic E-state index is 11.4. The van der Waals surface area contributed by atoms with Crippen molar-refractivity contribution < 1.29 is 5.11 Å². The molecule has 3 N–H and O–H groups in total. The van der Waals surface area contributed by atoms with Crippen molar-refractivity contribution in [1.29, 1.82) is 0 Å². The predicted octanol–water partition coefficient (Wildman–Crippen LogP) is 2.23. The molecule has 1 aliphatic heterocycles. The summed E-state index contributed by atoms with van der Waals surface area (Å²) in [6.07, 6.45) is 7.06. The van der Waals surface area contributed by atoms with Gasteiger partial charge >= 0.3 is 0 Å². The van der Waals surface area contributed by atoms with Gasteiger partial charge in [0.05, 0.1) is 5.60 Å². The lowest BCUT2D eigenvalue weighted by atomic mass is 9.59. The van der Waals surface area contributed by atoms with E-state index < -0.39 is 5.60 Å². The summed E-state index contributed by atoms with van der Waals surface area (Å²) in [7, 11) is 0. The van der Waals surface area contributed by atoms with E-state index in [9.17, 15) is 5.11 Å². The molecule has 0 aromatic carbocycles. The second-order valence-corrected chi connectivity index (χ2v) is 8.17. The highest BCUT2D eigenvalue weighted by atomic mass is 16.3. The van der Waals surface area contributed by atoms with Crippen molar-refractivity contribution in [2.45, 2.75) is 58.0 Å². The molecule has 2 aliphatic carbocycles. The van der Waals surface area contributed by atoms with E-state index in [0.717, 1.165) is 38.4 Å². The Morgan fingerprint density at radius 1 is 1.25 bits per heavy atom. The van der Waals surface area contributed by atoms with Crippen molar-refractivity contribution in [3.05, 3.63) is 0 Å². The average molecular weight is 280 g/mol. The molecule has 3 aliphatic rings. The maximum atomic E-state index is 11.4. The van der Waals surface area contributed by atoms with Gasteiger partial charge in [-0.3, -0.25) is 0 Å². The van der Waals surface area contributed by atoms with Gasteiger partial charge in [0.25, 0.3) is 0 Å². The molecular formula is C17H32N2O. The van der Waals surface area contributed by atoms with Crippen LogP contribution in [0.5, 0.6) is 0 Å². The SMILES string of the molecule is CC(C)CN1CCC(O)(C2(CN)CC3CCC2C3)CC1. The Balaban J connectivity index is 1.70. The van der Waals surface area contributed by atoms with Crippen LogP contribution in [-0.2, 0) is 0 Å². The number of likely N-dealkylation sites (tertiary alicyclic amines) is 1. The van der Waals surface area contributed by atoms with Gasteiger partial charge in [-0.2, -0.15) is 0 Å². The molecule has 2 saturated carbocycles. The fourth-order valence-corrected chi connectivity index (χ4v) is 5.57. The summed E-state index contributed by atoms with van der Waals surface area (Å²) in [6, 6.07) is 0. The Bertz CT molecular complexity index is 349. The Morgan fingerprint density at radius 3 is 2.40 bits per heavy atom. The third-order valence-electron chi connectivity index (χ3n) is 6.57. The van der Waals surface area contributed by atoms with Crippen LogP contribution in [0.1, 0.15) is 52.4 Å². The van der Waals surface area contributed by atoms with Gasteiger partial charge in [-0.15, -0.1) is 0 Å². The van der Waals surface area contributed by atoms with Crippen LogP contribution in [0.15, 0.2) is 0 Å². The molecule has 3 rings (SSSR count). The van der Waals surface area contributed by atoms with E-state index in [1.54, 1.807) is 0 Å². The van der Waals surface area contributed by atoms with Crippen LogP contribution in [0.4, 0.5) is 0 Å². The molecule has 20 heavy (non-hydrogen) atoms. The second-order valence-electron chi connectivity index (χ2n) is 8.17. The van der Waals surface area contributed by atoms with Crippen LogP contribution in [0.2, 0.25) is 0 Å². The quantitative estimate of drug-likeness (QED) is 0.830. The minimum absolute atomic E-state index is 0.0415. The second kappa shape index (κ2) is 5.26. The van der Waals surface area contributed by atoms with Gasteiger partial charge in [0.15, 0.2) is 0 Å². The highest BCUT2D eigenvalue weighted by molar-refractivity contribution is 5.12. The Kier molecular flexibility index (Phi) is 3.89. The maximum Gasteiger partial charge on any atom is 0.0742 e. The molecular weight excluding hydrogens is 248 g/mol. The van der Waals surface area contributed by atoms with Gasteiger partial charge in [-0.1, -0.05) is 20.3 Å². The molecule has 3 unspecified atom stereocenters. The summed E-state index contributed by atoms with van der Waals surface area (Å²) in [6.45, 7) is 8.50. The number of hydrogen-bond acceptors (Lipinski definition) is 3. The number of nitrogens with zero attached hydrogens (tertiary/aromatic N) is 1. The van der Waals surface area contributed by atoms with E-state index in [2.05, 4.69) is 18.7 Å². The number of aliphatic hydroxyl groups is 1. The summed E-state index contributed by atoms with van der Waals surface area (Å²) < 4.78 is 0. The van der Waals surface area contributed by atoms with Crippen LogP contribution < -0.4 is 5.73 Å². The number of piperidine rings is 1. The third kappa shape index (κ3) is 2.22. The van der Waals surface area contributed by atoms with Crippen LogP contribution in [0.3, 0.4) is 0 Å². The first-order valence-electron chi connectivity index (χ1n) is 8.64. The molecule has 3 nitrogen and oxygen atoms in total. The van der Waals surface area contributed by atoms with E-state index >= 15 is 0 Å². The van der Waals surface area contributed by atoms with E-state index in [-0.39, 0.29) is 5.41 Å². The summed E-state index contributed by atoms with van der Waals surface area (Å²) in [4.78, 5) is 2.52. The lowest BCUT2D eigenvalue weighted by molar-refractivity contribution is -0.141. The van der Waals surface area contributed by atoms with E-state index in [0.29, 0.717) is 18.4 Å². The molecule has 0 aromatic rings. The highest BCUT2D eigenvalue weighted by Gasteiger charge is 2.60. The lowest BCUT2D eigenvalue weighted by Gasteiger charge is -2.53. The zero-order valence-electron chi connectivity index (χ0n) is 13.3. The van der Waals surface area contributed by atoms with Gasteiger partial charge in [0.2, 0.25) is 0 Å². The molecule has 3 heteroatoms. The molecule has 116 valence electrons. The van der Waals surface area contributed by atoms with Crippen molar-refractivity contribution >= 4 is 0 Å². The van der Waals surface area contributed by atoms with E-state index in [1.165, 1.54) is 25.7 Å². The van der Waals surface area contributed by atoms with Gasteiger partial charge < -0.3 is 15.7 Å². The zero-order valence-corrected chi connectivity index (χ0v) is 13.3. The first kappa shape index (κ1) is 14.8. The standard InChI is InChI=1S/C17H32N2O/c1-13(2)11-19-7-5-17(20,6-8-19)16(12-18)10-14-3-4-15(16)9-14/h13-15,20H,3-12,18H2,1-2H3. The summed E-state index contributed by atoms with van der Waals surface area (Å²) >= 11 is 0. The van der Waals surface area contributed by atoms with Crippen molar-refractivity contribution in [2.24, 2.45) is 28.9 Å². The monoisotopic (exact) mass is 280 g/mol. The molecule has 1 saturated heterocycles. The van der Waals surface area contributed by atoms with Crippen LogP contribution in [-0.4, -0.2) is 41.8 Å². The molecule has 0 spiro atoms. The fourth-order valence-electron chi connectivity index (χ4n) is 5.57. The topological polar surface area (TPSA) is 49.5 Å². The molecule has 3 fully saturated rings. The first-order chi connectivity index (χ1) is 9.49. The first-order valence-corrected chi connectivity index (χ1v) is 8.64. The van der Waals surface area contributed by atoms with Crippen LogP contribution in [0, 0.1) is 23.2 Å². The third-order valence-corrected chi connectivity index (χ3v) is 6.57. The minimum Gasteiger partial charge on any atom is -0.389 e. The minimum atomic E-state index is -0.491. The Morgan fingerprint density at radius 2 is 1.95 bits per heavy atom. The predicted molar refractivity (Wildman–Crippen MR) is 82.4 cm³/mol. The van der Waals surface area contributed by atoms with Crippen molar-refractivity contribution in [1.82, 2.24) is 4.90 Å². The number of hydrogen-bond donors (Lipinski definition) is 2. The normalized spacial score (nSPS) is 40.6. The largest absolute Gasteiger partial charge is 0.389 e. The lowest BCUT2D eigenvalue weighted by Crippen LogP contribution is -2.60. The molecule has 0 aromatic heterocycles. The highest BCUT2D eigenvalue weighted by Crippen LogP contribution is 2.61. The van der Waals surface area contributed by atoms with Gasteiger partial charge in [-0.25, -0.2) is 0 Å². The number of nitrogens with two attached hydrogens (primary N) is 1. The van der Waals surface area contributed by atoms with E-state index in [4.69, 9.17) is 5.73 Å². The molecule has 1 heterocycles. The number of fused-ring (bicyclic) bond motifs is 2. The van der Waals surface area contributed by atoms with Crippen molar-refractivity contribution in [2.75, 3.05) is 26.2 Å². The van der Waals surface area contributed by atoms with Crippen LogP contribution in [0.25, 0.3) is 0 Å². The molecule has 0 radical (unpaired) electrons. The van der Waals surface area contributed by atoms with Gasteiger partial charge in [0.1, 0.15) is 0 Å². The van der Waals surface area contributed by atoms with Gasteiger partial charge in [-0.05, 0) is 49.9 Å². The zero-order chi connectivity index (χ0) is 14.4. The number of rotatable bonds is 4. The average Bonchev–Trinajstić information content (AvgIpc) is 3.02. The van der Waals surface area contributed by atoms with Crippen LogP contribution >= 0.6 is 0 Å². The van der Waals surface area contributed by atoms with Crippen molar-refractivity contribution in [3.8, 4) is 0 Å². The molecule has 2 bridgehead atoms. The fraction of sp³-hybridized carbons (Fsp3) is 1.00. The molecule has 0 amide bonds.